The Labute approximate surface area is 217 Å². The van der Waals surface area contributed by atoms with Crippen LogP contribution in [-0.4, -0.2) is 133 Å². The molecule has 0 bridgehead atoms. The van der Waals surface area contributed by atoms with Crippen LogP contribution in [0.25, 0.3) is 0 Å². The van der Waals surface area contributed by atoms with E-state index in [0.717, 1.165) is 0 Å². The molecule has 2 saturated heterocycles. The van der Waals surface area contributed by atoms with Crippen molar-refractivity contribution in [3.8, 4) is 0 Å². The van der Waals surface area contributed by atoms with E-state index < -0.39 is 67.6 Å². The monoisotopic (exact) mass is 535 g/mol. The molecule has 0 aromatic rings. The minimum Gasteiger partial charge on any atom is -0.394 e. The molecule has 12 nitrogen and oxygen atoms in total. The van der Waals surface area contributed by atoms with Crippen LogP contribution in [0.1, 0.15) is 65.2 Å². The summed E-state index contributed by atoms with van der Waals surface area (Å²) in [5.41, 5.74) is 0. The average Bonchev–Trinajstić information content (AvgIpc) is 2.86. The molecule has 10 atom stereocenters. The van der Waals surface area contributed by atoms with Crippen molar-refractivity contribution in [2.24, 2.45) is 0 Å². The van der Waals surface area contributed by atoms with Gasteiger partial charge in [-0.15, -0.1) is 0 Å². The van der Waals surface area contributed by atoms with Crippen LogP contribution in [0.2, 0.25) is 0 Å². The van der Waals surface area contributed by atoms with Gasteiger partial charge in [-0.3, -0.25) is 4.79 Å². The van der Waals surface area contributed by atoms with E-state index in [1.807, 2.05) is 0 Å². The third-order valence-electron chi connectivity index (χ3n) is 7.30. The van der Waals surface area contributed by atoms with Crippen molar-refractivity contribution in [1.82, 2.24) is 4.90 Å². The molecule has 2 heterocycles. The minimum atomic E-state index is -1.45. The first-order chi connectivity index (χ1) is 17.5. The zero-order valence-electron chi connectivity index (χ0n) is 21.8. The quantitative estimate of drug-likeness (QED) is 0.124. The average molecular weight is 536 g/mol. The lowest BCUT2D eigenvalue weighted by Gasteiger charge is -2.40. The van der Waals surface area contributed by atoms with Crippen molar-refractivity contribution in [3.63, 3.8) is 0 Å². The molecule has 2 rings (SSSR count). The number of hydrogen-bond acceptors (Lipinski definition) is 11. The predicted octanol–water partition coefficient (Wildman–Crippen LogP) is -1.76. The van der Waals surface area contributed by atoms with Crippen LogP contribution < -0.4 is 0 Å². The predicted molar refractivity (Wildman–Crippen MR) is 130 cm³/mol. The fourth-order valence-corrected chi connectivity index (χ4v) is 4.93. The Balaban J connectivity index is 1.91. The maximum atomic E-state index is 12.9. The van der Waals surface area contributed by atoms with Crippen LogP contribution in [0.3, 0.4) is 0 Å². The number of Topliss-reactive ketones (excluding diaryl/α,β-unsaturated/α-hetero) is 1. The third kappa shape index (κ3) is 9.19. The van der Waals surface area contributed by atoms with E-state index in [9.17, 15) is 45.3 Å². The smallest absolute Gasteiger partial charge is 0.222 e. The molecule has 216 valence electrons. The van der Waals surface area contributed by atoms with Gasteiger partial charge in [-0.05, 0) is 52.4 Å². The molecule has 7 N–H and O–H groups in total. The van der Waals surface area contributed by atoms with Gasteiger partial charge in [0, 0.05) is 25.9 Å². The summed E-state index contributed by atoms with van der Waals surface area (Å²) in [7, 11) is 0. The molecule has 0 radical (unpaired) electrons. The maximum Gasteiger partial charge on any atom is 0.222 e. The van der Waals surface area contributed by atoms with E-state index in [4.69, 9.17) is 9.47 Å². The molecule has 37 heavy (non-hydrogen) atoms. The van der Waals surface area contributed by atoms with Gasteiger partial charge in [0.1, 0.15) is 48.5 Å². The normalized spacial score (nSPS) is 36.4. The SMILES string of the molecule is CC(=O)CCCCC(=O)N(CCC[C@@H]1O[C@@H](C)[C@@H](O)[C@@H](O)[C@@H]1O)CCC[C@H]1O[C@H](CO)[C@@H](O)[C@H](O)[C@H]1O. The molecular weight excluding hydrogens is 490 g/mol. The highest BCUT2D eigenvalue weighted by molar-refractivity contribution is 5.77. The fraction of sp³-hybridized carbons (Fsp3) is 0.920. The molecular formula is C25H45NO11. The number of unbranched alkanes of at least 4 members (excludes halogenated alkanes) is 1. The Hall–Kier alpha value is -1.22. The Bertz CT molecular complexity index is 708. The van der Waals surface area contributed by atoms with Crippen LogP contribution >= 0.6 is 0 Å². The highest BCUT2D eigenvalue weighted by Crippen LogP contribution is 2.26. The van der Waals surface area contributed by atoms with Gasteiger partial charge in [0.15, 0.2) is 0 Å². The number of ketones is 1. The number of nitrogens with zero attached hydrogens (tertiary/aromatic N) is 1. The molecule has 0 aromatic carbocycles. The summed E-state index contributed by atoms with van der Waals surface area (Å²) < 4.78 is 11.2. The summed E-state index contributed by atoms with van der Waals surface area (Å²) in [4.78, 5) is 25.7. The van der Waals surface area contributed by atoms with Crippen molar-refractivity contribution in [1.29, 1.82) is 0 Å². The summed E-state index contributed by atoms with van der Waals surface area (Å²) in [6, 6.07) is 0. The fourth-order valence-electron chi connectivity index (χ4n) is 4.93. The molecule has 0 saturated carbocycles. The topological polar surface area (TPSA) is 197 Å². The van der Waals surface area contributed by atoms with Crippen molar-refractivity contribution >= 4 is 11.7 Å². The van der Waals surface area contributed by atoms with Gasteiger partial charge in [-0.25, -0.2) is 0 Å². The zero-order valence-corrected chi connectivity index (χ0v) is 21.8. The second-order valence-corrected chi connectivity index (χ2v) is 10.3. The number of aliphatic hydroxyl groups is 7. The second-order valence-electron chi connectivity index (χ2n) is 10.3. The number of carbonyl (C=O) groups excluding carboxylic acids is 2. The van der Waals surface area contributed by atoms with Crippen LogP contribution in [0, 0.1) is 0 Å². The molecule has 2 aliphatic rings. The first-order valence-corrected chi connectivity index (χ1v) is 13.2. The lowest BCUT2D eigenvalue weighted by atomic mass is 9.92. The Morgan fingerprint density at radius 2 is 1.16 bits per heavy atom. The summed E-state index contributed by atoms with van der Waals surface area (Å²) in [6.07, 6.45) is -7.69. The highest BCUT2D eigenvalue weighted by atomic mass is 16.5. The molecule has 12 heteroatoms. The van der Waals surface area contributed by atoms with E-state index in [1.165, 1.54) is 6.92 Å². The summed E-state index contributed by atoms with van der Waals surface area (Å²) in [5.74, 6) is -0.0392. The largest absolute Gasteiger partial charge is 0.394 e. The summed E-state index contributed by atoms with van der Waals surface area (Å²) in [6.45, 7) is 3.28. The number of amides is 1. The van der Waals surface area contributed by atoms with Gasteiger partial charge in [-0.1, -0.05) is 0 Å². The van der Waals surface area contributed by atoms with E-state index in [1.54, 1.807) is 11.8 Å². The Morgan fingerprint density at radius 1 is 0.676 bits per heavy atom. The summed E-state index contributed by atoms with van der Waals surface area (Å²) in [5, 5.41) is 69.7. The Morgan fingerprint density at radius 3 is 1.70 bits per heavy atom. The van der Waals surface area contributed by atoms with Crippen LogP contribution in [0.5, 0.6) is 0 Å². The number of carbonyl (C=O) groups is 2. The van der Waals surface area contributed by atoms with Crippen molar-refractivity contribution < 1.29 is 54.8 Å². The van der Waals surface area contributed by atoms with Gasteiger partial charge in [-0.2, -0.15) is 0 Å². The van der Waals surface area contributed by atoms with Gasteiger partial charge in [0.05, 0.1) is 24.9 Å². The van der Waals surface area contributed by atoms with Gasteiger partial charge < -0.3 is 54.9 Å². The first-order valence-electron chi connectivity index (χ1n) is 13.2. The van der Waals surface area contributed by atoms with Crippen LogP contribution in [0.4, 0.5) is 0 Å². The Kier molecular flexibility index (Phi) is 13.3. The molecule has 2 fully saturated rings. The highest BCUT2D eigenvalue weighted by Gasteiger charge is 2.43. The van der Waals surface area contributed by atoms with Crippen molar-refractivity contribution in [2.45, 2.75) is 126 Å². The molecule has 0 aliphatic carbocycles. The van der Waals surface area contributed by atoms with E-state index in [0.29, 0.717) is 51.6 Å². The summed E-state index contributed by atoms with van der Waals surface area (Å²) >= 11 is 0. The van der Waals surface area contributed by atoms with Gasteiger partial charge in [0.2, 0.25) is 5.91 Å². The maximum absolute atomic E-state index is 12.9. The van der Waals surface area contributed by atoms with Crippen molar-refractivity contribution in [3.05, 3.63) is 0 Å². The van der Waals surface area contributed by atoms with Crippen LogP contribution in [-0.2, 0) is 19.1 Å². The number of aliphatic hydroxyl groups excluding tert-OH is 7. The van der Waals surface area contributed by atoms with E-state index >= 15 is 0 Å². The van der Waals surface area contributed by atoms with Gasteiger partial charge in [0.25, 0.3) is 0 Å². The number of rotatable bonds is 14. The number of hydrogen-bond donors (Lipinski definition) is 7. The lowest BCUT2D eigenvalue weighted by molar-refractivity contribution is -0.230. The van der Waals surface area contributed by atoms with E-state index in [2.05, 4.69) is 0 Å². The van der Waals surface area contributed by atoms with Gasteiger partial charge >= 0.3 is 0 Å². The zero-order chi connectivity index (χ0) is 27.7. The minimum absolute atomic E-state index is 0.0661. The third-order valence-corrected chi connectivity index (χ3v) is 7.30. The van der Waals surface area contributed by atoms with Crippen LogP contribution in [0.15, 0.2) is 0 Å². The second kappa shape index (κ2) is 15.4. The molecule has 0 aromatic heterocycles. The standard InChI is InChI=1S/C25H45NO11/c1-14(28)7-3-4-10-19(29)26(11-5-8-16-21(31)24(34)20(30)15(2)36-16)12-6-9-17-22(32)25(35)23(33)18(13-27)37-17/h15-18,20-25,27,30-35H,3-13H2,1-2H3/t15-,16-,17+,18+,20+,21+,22-,23+,24+,25+/m0/s1. The number of ether oxygens (including phenoxy) is 2. The molecule has 0 spiro atoms. The molecule has 0 unspecified atom stereocenters. The lowest BCUT2D eigenvalue weighted by Crippen LogP contribution is -2.58. The van der Waals surface area contributed by atoms with Crippen molar-refractivity contribution in [2.75, 3.05) is 19.7 Å². The molecule has 2 aliphatic heterocycles. The first kappa shape index (κ1) is 32.0. The molecule has 1 amide bonds. The van der Waals surface area contributed by atoms with E-state index in [-0.39, 0.29) is 24.5 Å².